The Labute approximate surface area is 180 Å². The number of ether oxygens (including phenoxy) is 1. The van der Waals surface area contributed by atoms with Crippen molar-refractivity contribution in [2.24, 2.45) is 0 Å². The largest absolute Gasteiger partial charge is 0.462 e. The molecule has 0 spiro atoms. The molecule has 0 aromatic carbocycles. The maximum atomic E-state index is 11.8. The fourth-order valence-corrected chi connectivity index (χ4v) is 3.38. The van der Waals surface area contributed by atoms with Gasteiger partial charge in [-0.05, 0) is 44.1 Å². The summed E-state index contributed by atoms with van der Waals surface area (Å²) >= 11 is 5.44. The van der Waals surface area contributed by atoms with E-state index in [2.05, 4.69) is 25.9 Å². The zero-order valence-electron chi connectivity index (χ0n) is 16.8. The van der Waals surface area contributed by atoms with Crippen LogP contribution in [0.4, 0.5) is 16.3 Å². The number of hydrogen-bond donors (Lipinski definition) is 4. The minimum absolute atomic E-state index is 0.140. The summed E-state index contributed by atoms with van der Waals surface area (Å²) in [7, 11) is 0. The number of carbonyl (C=O) groups is 1. The van der Waals surface area contributed by atoms with Crippen LogP contribution in [-0.4, -0.2) is 56.9 Å². The van der Waals surface area contributed by atoms with E-state index >= 15 is 0 Å². The molecule has 0 bridgehead atoms. The van der Waals surface area contributed by atoms with E-state index in [4.69, 9.17) is 26.5 Å². The average Bonchev–Trinajstić information content (AvgIpc) is 3.22. The molecule has 3 heterocycles. The molecular weight excluding hydrogens is 408 g/mol. The minimum atomic E-state index is -0.267. The molecule has 30 heavy (non-hydrogen) atoms. The third-order valence-corrected chi connectivity index (χ3v) is 4.84. The predicted octanol–water partition coefficient (Wildman–Crippen LogP) is 2.08. The van der Waals surface area contributed by atoms with Gasteiger partial charge in [0.2, 0.25) is 0 Å². The van der Waals surface area contributed by atoms with Crippen LogP contribution >= 0.6 is 12.2 Å². The summed E-state index contributed by atoms with van der Waals surface area (Å²) in [5.74, 6) is 1.76. The third kappa shape index (κ3) is 6.04. The van der Waals surface area contributed by atoms with E-state index in [0.717, 1.165) is 12.8 Å². The van der Waals surface area contributed by atoms with Crippen molar-refractivity contribution < 1.29 is 19.1 Å². The number of carbonyl (C=O) groups excluding carboxylic acids is 1. The molecule has 0 saturated carbocycles. The standard InChI is InChI=1S/C19H26N6O4S/c1-2-28-19(27)25-7-5-13(6-8-25)23-18(30)24-16-10-20-12-22-17(16)21-9-14-3-4-15(11-26)29-14/h3-4,10,12-13,26H,2,5-9,11H2,1H3,(H,20,21,22)(H2,23,24,30). The van der Waals surface area contributed by atoms with E-state index in [0.29, 0.717) is 54.4 Å². The van der Waals surface area contributed by atoms with E-state index in [-0.39, 0.29) is 18.7 Å². The molecule has 10 nitrogen and oxygen atoms in total. The van der Waals surface area contributed by atoms with E-state index in [1.165, 1.54) is 6.33 Å². The molecule has 3 rings (SSSR count). The highest BCUT2D eigenvalue weighted by atomic mass is 32.1. The molecule has 0 aliphatic carbocycles. The van der Waals surface area contributed by atoms with Gasteiger partial charge in [0.1, 0.15) is 30.1 Å². The number of likely N-dealkylation sites (tertiary alicyclic amines) is 1. The fourth-order valence-electron chi connectivity index (χ4n) is 3.10. The second kappa shape index (κ2) is 10.7. The lowest BCUT2D eigenvalue weighted by atomic mass is 10.1. The molecule has 11 heteroatoms. The van der Waals surface area contributed by atoms with Crippen molar-refractivity contribution in [3.8, 4) is 0 Å². The quantitative estimate of drug-likeness (QED) is 0.481. The highest BCUT2D eigenvalue weighted by Gasteiger charge is 2.24. The SMILES string of the molecule is CCOC(=O)N1CCC(NC(=S)Nc2cncnc2NCc2ccc(CO)o2)CC1. The molecule has 0 unspecified atom stereocenters. The van der Waals surface area contributed by atoms with Gasteiger partial charge in [-0.2, -0.15) is 0 Å². The Morgan fingerprint density at radius 1 is 1.37 bits per heavy atom. The average molecular weight is 435 g/mol. The normalized spacial score (nSPS) is 14.3. The fraction of sp³-hybridized carbons (Fsp3) is 0.474. The van der Waals surface area contributed by atoms with Crippen molar-refractivity contribution in [1.82, 2.24) is 20.2 Å². The summed E-state index contributed by atoms with van der Waals surface area (Å²) in [6.45, 7) is 3.69. The van der Waals surface area contributed by atoms with Crippen LogP contribution in [0, 0.1) is 0 Å². The molecule has 2 aromatic heterocycles. The lowest BCUT2D eigenvalue weighted by molar-refractivity contribution is 0.0964. The molecule has 1 aliphatic rings. The van der Waals surface area contributed by atoms with Gasteiger partial charge in [0.25, 0.3) is 0 Å². The van der Waals surface area contributed by atoms with Crippen LogP contribution in [0.5, 0.6) is 0 Å². The molecule has 2 aromatic rings. The van der Waals surface area contributed by atoms with E-state index < -0.39 is 0 Å². The maximum absolute atomic E-state index is 11.8. The number of aliphatic hydroxyl groups excluding tert-OH is 1. The van der Waals surface area contributed by atoms with Crippen molar-refractivity contribution >= 4 is 34.9 Å². The van der Waals surface area contributed by atoms with Crippen LogP contribution in [0.3, 0.4) is 0 Å². The van der Waals surface area contributed by atoms with Crippen molar-refractivity contribution in [3.05, 3.63) is 36.2 Å². The maximum Gasteiger partial charge on any atom is 0.409 e. The first-order valence-electron chi connectivity index (χ1n) is 9.80. The van der Waals surface area contributed by atoms with Crippen molar-refractivity contribution in [3.63, 3.8) is 0 Å². The number of amides is 1. The molecule has 1 fully saturated rings. The van der Waals surface area contributed by atoms with Crippen LogP contribution in [0.2, 0.25) is 0 Å². The number of thiocarbonyl (C=S) groups is 1. The van der Waals surface area contributed by atoms with Crippen LogP contribution in [0.15, 0.2) is 29.1 Å². The van der Waals surface area contributed by atoms with Crippen LogP contribution in [0.1, 0.15) is 31.3 Å². The Bertz CT molecular complexity index is 853. The van der Waals surface area contributed by atoms with Crippen molar-refractivity contribution in [2.45, 2.75) is 39.0 Å². The number of furan rings is 1. The molecule has 0 radical (unpaired) electrons. The van der Waals surface area contributed by atoms with Gasteiger partial charge in [-0.3, -0.25) is 0 Å². The Morgan fingerprint density at radius 3 is 2.83 bits per heavy atom. The van der Waals surface area contributed by atoms with Crippen molar-refractivity contribution in [1.29, 1.82) is 0 Å². The number of aliphatic hydroxyl groups is 1. The molecule has 1 aliphatic heterocycles. The third-order valence-electron chi connectivity index (χ3n) is 4.62. The minimum Gasteiger partial charge on any atom is -0.462 e. The summed E-state index contributed by atoms with van der Waals surface area (Å²) in [6, 6.07) is 3.68. The van der Waals surface area contributed by atoms with Gasteiger partial charge in [-0.25, -0.2) is 14.8 Å². The smallest absolute Gasteiger partial charge is 0.409 e. The lowest BCUT2D eigenvalue weighted by Gasteiger charge is -2.32. The van der Waals surface area contributed by atoms with Gasteiger partial charge >= 0.3 is 6.09 Å². The number of aromatic nitrogens is 2. The lowest BCUT2D eigenvalue weighted by Crippen LogP contribution is -2.47. The van der Waals surface area contributed by atoms with E-state index in [9.17, 15) is 4.79 Å². The van der Waals surface area contributed by atoms with Crippen LogP contribution < -0.4 is 16.0 Å². The Balaban J connectivity index is 1.49. The summed E-state index contributed by atoms with van der Waals surface area (Å²) in [5, 5.41) is 19.1. The Kier molecular flexibility index (Phi) is 7.80. The summed E-state index contributed by atoms with van der Waals surface area (Å²) in [4.78, 5) is 21.8. The summed E-state index contributed by atoms with van der Waals surface area (Å²) in [5.41, 5.74) is 0.632. The number of piperidine rings is 1. The highest BCUT2D eigenvalue weighted by Crippen LogP contribution is 2.19. The summed E-state index contributed by atoms with van der Waals surface area (Å²) in [6.07, 6.45) is 4.37. The van der Waals surface area contributed by atoms with Gasteiger partial charge in [0, 0.05) is 19.1 Å². The second-order valence-corrected chi connectivity index (χ2v) is 7.13. The number of nitrogens with zero attached hydrogens (tertiary/aromatic N) is 3. The number of rotatable bonds is 7. The molecule has 162 valence electrons. The van der Waals surface area contributed by atoms with E-state index in [1.54, 1.807) is 30.2 Å². The number of nitrogens with one attached hydrogen (secondary N) is 3. The first-order valence-corrected chi connectivity index (χ1v) is 10.2. The molecule has 0 atom stereocenters. The molecule has 1 amide bonds. The van der Waals surface area contributed by atoms with E-state index in [1.807, 2.05) is 0 Å². The van der Waals surface area contributed by atoms with Crippen molar-refractivity contribution in [2.75, 3.05) is 30.3 Å². The molecule has 4 N–H and O–H groups in total. The zero-order chi connectivity index (χ0) is 21.3. The van der Waals surface area contributed by atoms with Gasteiger partial charge in [0.05, 0.1) is 19.3 Å². The zero-order valence-corrected chi connectivity index (χ0v) is 17.6. The second-order valence-electron chi connectivity index (χ2n) is 6.72. The summed E-state index contributed by atoms with van der Waals surface area (Å²) < 4.78 is 10.5. The number of hydrogen-bond acceptors (Lipinski definition) is 8. The first-order chi connectivity index (χ1) is 14.6. The van der Waals surface area contributed by atoms with Crippen LogP contribution in [0.25, 0.3) is 0 Å². The van der Waals surface area contributed by atoms with Gasteiger partial charge in [0.15, 0.2) is 10.9 Å². The predicted molar refractivity (Wildman–Crippen MR) is 115 cm³/mol. The first kappa shape index (κ1) is 21.8. The van der Waals surface area contributed by atoms with Gasteiger partial charge < -0.3 is 35.1 Å². The van der Waals surface area contributed by atoms with Crippen LogP contribution in [-0.2, 0) is 17.9 Å². The Morgan fingerprint density at radius 2 is 2.13 bits per heavy atom. The number of anilines is 2. The van der Waals surface area contributed by atoms with Gasteiger partial charge in [-0.1, -0.05) is 0 Å². The topological polar surface area (TPSA) is 125 Å². The molecular formula is C19H26N6O4S. The highest BCUT2D eigenvalue weighted by molar-refractivity contribution is 7.80. The monoisotopic (exact) mass is 434 g/mol. The molecule has 1 saturated heterocycles. The van der Waals surface area contributed by atoms with Gasteiger partial charge in [-0.15, -0.1) is 0 Å². The Hall–Kier alpha value is -2.92.